The number of carbonyl (C=O) groups excluding carboxylic acids is 1. The van der Waals surface area contributed by atoms with Crippen LogP contribution in [0.25, 0.3) is 0 Å². The van der Waals surface area contributed by atoms with Gasteiger partial charge in [-0.2, -0.15) is 0 Å². The molecule has 1 rings (SSSR count). The maximum atomic E-state index is 9.76. The van der Waals surface area contributed by atoms with Crippen LogP contribution in [0.5, 0.6) is 5.75 Å². The highest BCUT2D eigenvalue weighted by Crippen LogP contribution is 2.29. The summed E-state index contributed by atoms with van der Waals surface area (Å²) in [6.07, 6.45) is 4.20. The smallest absolute Gasteiger partial charge is 0.142 e. The van der Waals surface area contributed by atoms with Gasteiger partial charge in [-0.15, -0.1) is 0 Å². The summed E-state index contributed by atoms with van der Waals surface area (Å²) in [5, 5.41) is 9.46. The van der Waals surface area contributed by atoms with Crippen molar-refractivity contribution < 1.29 is 9.90 Å². The molecule has 120 valence electrons. The number of rotatable bonds is 1. The molecule has 0 aliphatic carbocycles. The van der Waals surface area contributed by atoms with Crippen LogP contribution in [0.3, 0.4) is 0 Å². The normalized spacial score (nSPS) is 11.4. The van der Waals surface area contributed by atoms with Gasteiger partial charge in [0.15, 0.2) is 0 Å². The van der Waals surface area contributed by atoms with Gasteiger partial charge in [0.2, 0.25) is 0 Å². The Morgan fingerprint density at radius 2 is 1.57 bits per heavy atom. The molecule has 1 N–H and O–H groups in total. The van der Waals surface area contributed by atoms with Crippen molar-refractivity contribution in [2.75, 3.05) is 0 Å². The van der Waals surface area contributed by atoms with Crippen LogP contribution in [0, 0.1) is 12.3 Å². The second kappa shape index (κ2) is 8.66. The summed E-state index contributed by atoms with van der Waals surface area (Å²) in [5.74, 6) is 0.391. The SMILES string of the molecule is C.CC(C)(C)/C=C\C=O.Cc1c(O)cccc1C(C)(C)C. The molecule has 1 aromatic carbocycles. The Balaban J connectivity index is 0. The fraction of sp³-hybridized carbons (Fsp3) is 0.526. The van der Waals surface area contributed by atoms with Crippen molar-refractivity contribution >= 4 is 6.29 Å². The van der Waals surface area contributed by atoms with Crippen LogP contribution in [-0.4, -0.2) is 11.4 Å². The molecule has 1 aromatic rings. The van der Waals surface area contributed by atoms with Gasteiger partial charge in [0, 0.05) is 0 Å². The van der Waals surface area contributed by atoms with E-state index >= 15 is 0 Å². The van der Waals surface area contributed by atoms with E-state index in [9.17, 15) is 9.90 Å². The number of hydrogen-bond donors (Lipinski definition) is 1. The first-order chi connectivity index (χ1) is 8.99. The average Bonchev–Trinajstić information content (AvgIpc) is 2.28. The van der Waals surface area contributed by atoms with E-state index in [0.717, 1.165) is 11.8 Å². The summed E-state index contributed by atoms with van der Waals surface area (Å²) in [7, 11) is 0. The zero-order chi connectivity index (χ0) is 16.0. The van der Waals surface area contributed by atoms with Crippen molar-refractivity contribution in [3.63, 3.8) is 0 Å². The van der Waals surface area contributed by atoms with E-state index < -0.39 is 0 Å². The number of phenols is 1. The molecule has 2 heteroatoms. The van der Waals surface area contributed by atoms with Gasteiger partial charge in [0.05, 0.1) is 0 Å². The standard InChI is InChI=1S/C11H16O.C7H12O.CH4/c1-8-9(11(2,3)4)6-5-7-10(8)12;1-7(2,3)5-4-6-8;/h5-7,12H,1-4H3;4-6H,1-3H3;1H4/b;5-4-;. The van der Waals surface area contributed by atoms with Crippen LogP contribution in [0.15, 0.2) is 30.4 Å². The van der Waals surface area contributed by atoms with Crippen LogP contribution in [0.2, 0.25) is 0 Å². The van der Waals surface area contributed by atoms with E-state index in [1.807, 2.05) is 39.8 Å². The van der Waals surface area contributed by atoms with Gasteiger partial charge in [0.25, 0.3) is 0 Å². The Hall–Kier alpha value is -1.57. The molecule has 0 amide bonds. The lowest BCUT2D eigenvalue weighted by Crippen LogP contribution is -2.12. The third-order valence-corrected chi connectivity index (χ3v) is 2.79. The summed E-state index contributed by atoms with van der Waals surface area (Å²) >= 11 is 0. The Bertz CT molecular complexity index is 457. The Morgan fingerprint density at radius 3 is 1.86 bits per heavy atom. The second-order valence-corrected chi connectivity index (χ2v) is 7.06. The first kappa shape index (κ1) is 21.7. The maximum absolute atomic E-state index is 9.76. The molecule has 0 bridgehead atoms. The minimum atomic E-state index is 0. The molecule has 0 aromatic heterocycles. The molecule has 0 radical (unpaired) electrons. The van der Waals surface area contributed by atoms with Crippen molar-refractivity contribution in [3.8, 4) is 5.75 Å². The van der Waals surface area contributed by atoms with Gasteiger partial charge in [0.1, 0.15) is 12.0 Å². The van der Waals surface area contributed by atoms with Gasteiger partial charge < -0.3 is 5.11 Å². The molecule has 0 fully saturated rings. The number of hydrogen-bond acceptors (Lipinski definition) is 2. The van der Waals surface area contributed by atoms with Gasteiger partial charge in [-0.1, -0.05) is 67.2 Å². The quantitative estimate of drug-likeness (QED) is 0.554. The monoisotopic (exact) mass is 292 g/mol. The number of phenolic OH excluding ortho intramolecular Hbond substituents is 1. The fourth-order valence-electron chi connectivity index (χ4n) is 1.76. The molecular formula is C19H32O2. The van der Waals surface area contributed by atoms with Crippen LogP contribution >= 0.6 is 0 Å². The van der Waals surface area contributed by atoms with Gasteiger partial charge in [-0.3, -0.25) is 4.79 Å². The maximum Gasteiger partial charge on any atom is 0.142 e. The molecule has 0 atom stereocenters. The van der Waals surface area contributed by atoms with Crippen molar-refractivity contribution in [2.24, 2.45) is 5.41 Å². The molecule has 0 saturated carbocycles. The van der Waals surface area contributed by atoms with E-state index in [-0.39, 0.29) is 18.3 Å². The van der Waals surface area contributed by atoms with Crippen molar-refractivity contribution in [2.45, 2.75) is 61.3 Å². The minimum Gasteiger partial charge on any atom is -0.508 e. The van der Waals surface area contributed by atoms with E-state index in [4.69, 9.17) is 0 Å². The highest BCUT2D eigenvalue weighted by atomic mass is 16.3. The summed E-state index contributed by atoms with van der Waals surface area (Å²) in [6.45, 7) is 14.5. The minimum absolute atomic E-state index is 0. The van der Waals surface area contributed by atoms with E-state index in [1.54, 1.807) is 6.07 Å². The summed E-state index contributed by atoms with van der Waals surface area (Å²) in [6, 6.07) is 5.68. The van der Waals surface area contributed by atoms with Gasteiger partial charge >= 0.3 is 0 Å². The third-order valence-electron chi connectivity index (χ3n) is 2.79. The van der Waals surface area contributed by atoms with E-state index in [0.29, 0.717) is 5.75 Å². The van der Waals surface area contributed by atoms with E-state index in [2.05, 4.69) is 26.8 Å². The van der Waals surface area contributed by atoms with Crippen LogP contribution in [0.4, 0.5) is 0 Å². The molecule has 0 heterocycles. The van der Waals surface area contributed by atoms with Gasteiger partial charge in [-0.25, -0.2) is 0 Å². The first-order valence-corrected chi connectivity index (χ1v) is 6.91. The third kappa shape index (κ3) is 9.06. The summed E-state index contributed by atoms with van der Waals surface area (Å²) in [4.78, 5) is 9.76. The van der Waals surface area contributed by atoms with Crippen molar-refractivity contribution in [3.05, 3.63) is 41.5 Å². The Labute approximate surface area is 130 Å². The molecule has 0 aliphatic rings. The highest BCUT2D eigenvalue weighted by Gasteiger charge is 2.16. The largest absolute Gasteiger partial charge is 0.508 e. The number of aldehydes is 1. The molecule has 0 spiro atoms. The zero-order valence-corrected chi connectivity index (χ0v) is 13.8. The van der Waals surface area contributed by atoms with Crippen molar-refractivity contribution in [1.29, 1.82) is 0 Å². The number of carbonyl (C=O) groups is 1. The lowest BCUT2D eigenvalue weighted by Gasteiger charge is -2.21. The lowest BCUT2D eigenvalue weighted by molar-refractivity contribution is -0.104. The summed E-state index contributed by atoms with van der Waals surface area (Å²) in [5.41, 5.74) is 2.46. The lowest BCUT2D eigenvalue weighted by atomic mass is 9.84. The van der Waals surface area contributed by atoms with Crippen LogP contribution in [-0.2, 0) is 10.2 Å². The highest BCUT2D eigenvalue weighted by molar-refractivity contribution is 5.64. The molecule has 0 aliphatic heterocycles. The molecule has 21 heavy (non-hydrogen) atoms. The van der Waals surface area contributed by atoms with Crippen LogP contribution < -0.4 is 0 Å². The number of aromatic hydroxyl groups is 1. The number of allylic oxidation sites excluding steroid dienone is 2. The van der Waals surface area contributed by atoms with Crippen molar-refractivity contribution in [1.82, 2.24) is 0 Å². The van der Waals surface area contributed by atoms with E-state index in [1.165, 1.54) is 11.6 Å². The van der Waals surface area contributed by atoms with Gasteiger partial charge in [-0.05, 0) is 41.0 Å². The Morgan fingerprint density at radius 1 is 1.05 bits per heavy atom. The second-order valence-electron chi connectivity index (χ2n) is 7.06. The Kier molecular flexibility index (Phi) is 8.96. The molecule has 0 saturated heterocycles. The fourth-order valence-corrected chi connectivity index (χ4v) is 1.76. The molecule has 0 unspecified atom stereocenters. The first-order valence-electron chi connectivity index (χ1n) is 6.91. The summed E-state index contributed by atoms with van der Waals surface area (Å²) < 4.78 is 0. The predicted molar refractivity (Wildman–Crippen MR) is 92.9 cm³/mol. The number of benzene rings is 1. The van der Waals surface area contributed by atoms with Crippen LogP contribution in [0.1, 0.15) is 60.1 Å². The molecular weight excluding hydrogens is 260 g/mol. The zero-order valence-electron chi connectivity index (χ0n) is 13.8. The topological polar surface area (TPSA) is 37.3 Å². The predicted octanol–water partition coefficient (Wildman–Crippen LogP) is 5.42. The molecule has 2 nitrogen and oxygen atoms in total. The average molecular weight is 292 g/mol.